The molecule has 86 valence electrons. The van der Waals surface area contributed by atoms with E-state index in [1.165, 1.54) is 58.0 Å². The number of nitrogens with two attached hydrogens (primary N) is 1. The Morgan fingerprint density at radius 2 is 1.93 bits per heavy atom. The van der Waals surface area contributed by atoms with Gasteiger partial charge in [-0.15, -0.1) is 0 Å². The van der Waals surface area contributed by atoms with Gasteiger partial charge in [-0.1, -0.05) is 31.4 Å². The van der Waals surface area contributed by atoms with Crippen molar-refractivity contribution in [3.8, 4) is 0 Å². The molecule has 0 radical (unpaired) electrons. The van der Waals surface area contributed by atoms with Crippen molar-refractivity contribution < 1.29 is 0 Å². The van der Waals surface area contributed by atoms with Crippen LogP contribution in [0.4, 0.5) is 0 Å². The van der Waals surface area contributed by atoms with Gasteiger partial charge in [-0.25, -0.2) is 0 Å². The molecule has 1 aliphatic carbocycles. The molecule has 1 saturated carbocycles. The van der Waals surface area contributed by atoms with E-state index in [9.17, 15) is 0 Å². The fourth-order valence-electron chi connectivity index (χ4n) is 2.78. The standard InChI is InChI=1S/C13H24N2/c14-13(7-3-1-4-8-13)9-12-15-10-5-2-6-11-15/h2,5H,1,3-4,6-12,14H2. The molecule has 1 heterocycles. The summed E-state index contributed by atoms with van der Waals surface area (Å²) in [6.45, 7) is 3.56. The molecule has 0 bridgehead atoms. The maximum atomic E-state index is 6.43. The summed E-state index contributed by atoms with van der Waals surface area (Å²) in [7, 11) is 0. The fraction of sp³-hybridized carbons (Fsp3) is 0.846. The van der Waals surface area contributed by atoms with Crippen LogP contribution in [-0.4, -0.2) is 30.1 Å². The second kappa shape index (κ2) is 5.13. The van der Waals surface area contributed by atoms with Crippen molar-refractivity contribution >= 4 is 0 Å². The van der Waals surface area contributed by atoms with Crippen LogP contribution >= 0.6 is 0 Å². The van der Waals surface area contributed by atoms with E-state index in [1.54, 1.807) is 0 Å². The second-order valence-electron chi connectivity index (χ2n) is 5.23. The average molecular weight is 208 g/mol. The van der Waals surface area contributed by atoms with Crippen LogP contribution in [0.15, 0.2) is 12.2 Å². The molecule has 15 heavy (non-hydrogen) atoms. The molecular formula is C13H24N2. The Balaban J connectivity index is 1.73. The van der Waals surface area contributed by atoms with Crippen LogP contribution in [0.25, 0.3) is 0 Å². The van der Waals surface area contributed by atoms with Gasteiger partial charge in [0.1, 0.15) is 0 Å². The first kappa shape index (κ1) is 11.2. The molecule has 0 amide bonds. The molecule has 0 saturated heterocycles. The summed E-state index contributed by atoms with van der Waals surface area (Å²) in [6.07, 6.45) is 13.6. The third-order valence-electron chi connectivity index (χ3n) is 3.92. The van der Waals surface area contributed by atoms with Gasteiger partial charge in [0.15, 0.2) is 0 Å². The minimum Gasteiger partial charge on any atom is -0.325 e. The quantitative estimate of drug-likeness (QED) is 0.721. The Kier molecular flexibility index (Phi) is 3.81. The third kappa shape index (κ3) is 3.32. The van der Waals surface area contributed by atoms with E-state index in [1.807, 2.05) is 0 Å². The van der Waals surface area contributed by atoms with Gasteiger partial charge in [0, 0.05) is 25.2 Å². The highest BCUT2D eigenvalue weighted by Gasteiger charge is 2.27. The highest BCUT2D eigenvalue weighted by atomic mass is 15.1. The molecule has 2 aliphatic rings. The molecule has 2 nitrogen and oxygen atoms in total. The molecular weight excluding hydrogens is 184 g/mol. The van der Waals surface area contributed by atoms with Crippen molar-refractivity contribution in [1.82, 2.24) is 4.90 Å². The molecule has 2 heteroatoms. The van der Waals surface area contributed by atoms with E-state index < -0.39 is 0 Å². The topological polar surface area (TPSA) is 29.3 Å². The predicted octanol–water partition coefficient (Wildman–Crippen LogP) is 2.30. The Labute approximate surface area is 93.5 Å². The van der Waals surface area contributed by atoms with Gasteiger partial charge in [0.05, 0.1) is 0 Å². The van der Waals surface area contributed by atoms with Crippen LogP contribution in [0.3, 0.4) is 0 Å². The van der Waals surface area contributed by atoms with Crippen molar-refractivity contribution in [3.05, 3.63) is 12.2 Å². The van der Waals surface area contributed by atoms with Crippen LogP contribution < -0.4 is 5.73 Å². The third-order valence-corrected chi connectivity index (χ3v) is 3.92. The van der Waals surface area contributed by atoms with E-state index in [-0.39, 0.29) is 5.54 Å². The smallest absolute Gasteiger partial charge is 0.0166 e. The Hall–Kier alpha value is -0.340. The normalized spacial score (nSPS) is 26.7. The first-order valence-electron chi connectivity index (χ1n) is 6.45. The number of rotatable bonds is 3. The van der Waals surface area contributed by atoms with Crippen molar-refractivity contribution in [2.24, 2.45) is 5.73 Å². The lowest BCUT2D eigenvalue weighted by molar-refractivity contribution is 0.217. The number of hydrogen-bond donors (Lipinski definition) is 1. The van der Waals surface area contributed by atoms with E-state index in [0.29, 0.717) is 0 Å². The predicted molar refractivity (Wildman–Crippen MR) is 64.8 cm³/mol. The summed E-state index contributed by atoms with van der Waals surface area (Å²) in [5, 5.41) is 0. The SMILES string of the molecule is NC1(CCN2CC=CCC2)CCCCC1. The first-order chi connectivity index (χ1) is 7.29. The summed E-state index contributed by atoms with van der Waals surface area (Å²) in [6, 6.07) is 0. The number of hydrogen-bond acceptors (Lipinski definition) is 2. The van der Waals surface area contributed by atoms with E-state index in [2.05, 4.69) is 17.1 Å². The highest BCUT2D eigenvalue weighted by Crippen LogP contribution is 2.28. The molecule has 1 fully saturated rings. The van der Waals surface area contributed by atoms with Gasteiger partial charge < -0.3 is 5.73 Å². The van der Waals surface area contributed by atoms with Gasteiger partial charge in [-0.05, 0) is 25.7 Å². The minimum absolute atomic E-state index is 0.166. The van der Waals surface area contributed by atoms with Crippen molar-refractivity contribution in [2.75, 3.05) is 19.6 Å². The second-order valence-corrected chi connectivity index (χ2v) is 5.23. The zero-order valence-corrected chi connectivity index (χ0v) is 9.75. The molecule has 0 aromatic heterocycles. The van der Waals surface area contributed by atoms with Crippen LogP contribution in [0.5, 0.6) is 0 Å². The van der Waals surface area contributed by atoms with Crippen LogP contribution in [0.1, 0.15) is 44.9 Å². The maximum absolute atomic E-state index is 6.43. The van der Waals surface area contributed by atoms with Crippen LogP contribution in [0, 0.1) is 0 Å². The van der Waals surface area contributed by atoms with Crippen molar-refractivity contribution in [2.45, 2.75) is 50.5 Å². The lowest BCUT2D eigenvalue weighted by atomic mass is 9.80. The molecule has 1 aliphatic heterocycles. The van der Waals surface area contributed by atoms with Crippen LogP contribution in [0.2, 0.25) is 0 Å². The zero-order chi connectivity index (χ0) is 10.6. The van der Waals surface area contributed by atoms with Crippen LogP contribution in [-0.2, 0) is 0 Å². The lowest BCUT2D eigenvalue weighted by Crippen LogP contribution is -2.45. The highest BCUT2D eigenvalue weighted by molar-refractivity contribution is 4.93. The minimum atomic E-state index is 0.166. The molecule has 2 rings (SSSR count). The van der Waals surface area contributed by atoms with E-state index in [4.69, 9.17) is 5.73 Å². The summed E-state index contributed by atoms with van der Waals surface area (Å²) in [4.78, 5) is 2.53. The van der Waals surface area contributed by atoms with Gasteiger partial charge in [0.2, 0.25) is 0 Å². The average Bonchev–Trinajstić information content (AvgIpc) is 2.29. The Morgan fingerprint density at radius 1 is 1.13 bits per heavy atom. The van der Waals surface area contributed by atoms with Gasteiger partial charge in [-0.3, -0.25) is 4.90 Å². The monoisotopic (exact) mass is 208 g/mol. The van der Waals surface area contributed by atoms with E-state index in [0.717, 1.165) is 6.54 Å². The maximum Gasteiger partial charge on any atom is 0.0166 e. The fourth-order valence-corrected chi connectivity index (χ4v) is 2.78. The molecule has 2 N–H and O–H groups in total. The van der Waals surface area contributed by atoms with Crippen molar-refractivity contribution in [1.29, 1.82) is 0 Å². The molecule has 0 aromatic rings. The zero-order valence-electron chi connectivity index (χ0n) is 9.75. The van der Waals surface area contributed by atoms with Gasteiger partial charge in [0.25, 0.3) is 0 Å². The summed E-state index contributed by atoms with van der Waals surface area (Å²) in [5.74, 6) is 0. The Morgan fingerprint density at radius 3 is 2.60 bits per heavy atom. The summed E-state index contributed by atoms with van der Waals surface area (Å²) >= 11 is 0. The molecule has 0 aromatic carbocycles. The number of nitrogens with zero attached hydrogens (tertiary/aromatic N) is 1. The first-order valence-corrected chi connectivity index (χ1v) is 6.45. The molecule has 0 spiro atoms. The van der Waals surface area contributed by atoms with Gasteiger partial charge in [-0.2, -0.15) is 0 Å². The molecule has 0 unspecified atom stereocenters. The summed E-state index contributed by atoms with van der Waals surface area (Å²) < 4.78 is 0. The Bertz CT molecular complexity index is 217. The lowest BCUT2D eigenvalue weighted by Gasteiger charge is -2.35. The van der Waals surface area contributed by atoms with Gasteiger partial charge >= 0.3 is 0 Å². The summed E-state index contributed by atoms with van der Waals surface area (Å²) in [5.41, 5.74) is 6.60. The molecule has 0 atom stereocenters. The van der Waals surface area contributed by atoms with Crippen molar-refractivity contribution in [3.63, 3.8) is 0 Å². The van der Waals surface area contributed by atoms with E-state index >= 15 is 0 Å². The largest absolute Gasteiger partial charge is 0.325 e.